The standard InChI is InChI=1S/C19H13ClN2S/c20-15-9-5-4-8-14(15)17-10-11-18(23-17)19-21-12-16(22-19)13-6-2-1-3-7-13/h1-12H,(H,21,22). The van der Waals surface area contributed by atoms with E-state index >= 15 is 0 Å². The van der Waals surface area contributed by atoms with Crippen molar-refractivity contribution in [3.8, 4) is 32.4 Å². The Hall–Kier alpha value is -2.36. The van der Waals surface area contributed by atoms with E-state index in [1.54, 1.807) is 11.3 Å². The van der Waals surface area contributed by atoms with Crippen LogP contribution in [0.4, 0.5) is 0 Å². The second kappa shape index (κ2) is 6.03. The molecule has 0 aliphatic carbocycles. The second-order valence-corrected chi connectivity index (χ2v) is 6.65. The van der Waals surface area contributed by atoms with Crippen LogP contribution in [-0.2, 0) is 0 Å². The lowest BCUT2D eigenvalue weighted by atomic mass is 10.2. The number of benzene rings is 2. The minimum Gasteiger partial charge on any atom is -0.337 e. The lowest BCUT2D eigenvalue weighted by molar-refractivity contribution is 1.33. The highest BCUT2D eigenvalue weighted by Crippen LogP contribution is 2.36. The highest BCUT2D eigenvalue weighted by molar-refractivity contribution is 7.18. The van der Waals surface area contributed by atoms with E-state index in [0.29, 0.717) is 0 Å². The molecule has 2 heterocycles. The van der Waals surface area contributed by atoms with Crippen LogP contribution in [0.3, 0.4) is 0 Å². The van der Waals surface area contributed by atoms with Crippen molar-refractivity contribution in [2.45, 2.75) is 0 Å². The topological polar surface area (TPSA) is 28.7 Å². The number of nitrogens with zero attached hydrogens (tertiary/aromatic N) is 1. The number of halogens is 1. The molecule has 23 heavy (non-hydrogen) atoms. The molecule has 0 aliphatic heterocycles. The molecule has 1 N–H and O–H groups in total. The number of nitrogens with one attached hydrogen (secondary N) is 1. The first-order valence-corrected chi connectivity index (χ1v) is 8.46. The lowest BCUT2D eigenvalue weighted by Crippen LogP contribution is -1.77. The average molecular weight is 337 g/mol. The van der Waals surface area contributed by atoms with Crippen LogP contribution in [0.1, 0.15) is 0 Å². The van der Waals surface area contributed by atoms with Crippen LogP contribution >= 0.6 is 22.9 Å². The van der Waals surface area contributed by atoms with Crippen LogP contribution in [-0.4, -0.2) is 9.97 Å². The minimum absolute atomic E-state index is 0.769. The fourth-order valence-corrected chi connectivity index (χ4v) is 3.77. The van der Waals surface area contributed by atoms with E-state index in [0.717, 1.165) is 37.4 Å². The summed E-state index contributed by atoms with van der Waals surface area (Å²) in [4.78, 5) is 10.1. The molecule has 2 nitrogen and oxygen atoms in total. The third-order valence-electron chi connectivity index (χ3n) is 3.64. The molecule has 4 rings (SSSR count). The molecule has 0 unspecified atom stereocenters. The number of rotatable bonds is 3. The molecule has 0 saturated heterocycles. The van der Waals surface area contributed by atoms with Crippen molar-refractivity contribution in [3.63, 3.8) is 0 Å². The van der Waals surface area contributed by atoms with Crippen molar-refractivity contribution >= 4 is 22.9 Å². The number of thiophene rings is 1. The van der Waals surface area contributed by atoms with Gasteiger partial charge in [0, 0.05) is 15.5 Å². The zero-order valence-electron chi connectivity index (χ0n) is 12.2. The van der Waals surface area contributed by atoms with E-state index in [4.69, 9.17) is 11.6 Å². The Kier molecular flexibility index (Phi) is 3.74. The Morgan fingerprint density at radius 3 is 2.39 bits per heavy atom. The number of hydrogen-bond donors (Lipinski definition) is 1. The zero-order chi connectivity index (χ0) is 15.6. The van der Waals surface area contributed by atoms with Crippen molar-refractivity contribution in [3.05, 3.63) is 77.9 Å². The normalized spacial score (nSPS) is 10.8. The van der Waals surface area contributed by atoms with Crippen molar-refractivity contribution < 1.29 is 0 Å². The summed E-state index contributed by atoms with van der Waals surface area (Å²) in [5, 5.41) is 0.769. The number of H-pyrrole nitrogens is 1. The van der Waals surface area contributed by atoms with Crippen LogP contribution in [0.25, 0.3) is 32.4 Å². The predicted octanol–water partition coefficient (Wildman–Crippen LogP) is 6.13. The summed E-state index contributed by atoms with van der Waals surface area (Å²) in [6.45, 7) is 0. The Balaban J connectivity index is 1.68. The van der Waals surface area contributed by atoms with E-state index in [-0.39, 0.29) is 0 Å². The minimum atomic E-state index is 0.769. The molecule has 0 radical (unpaired) electrons. The van der Waals surface area contributed by atoms with Gasteiger partial charge in [-0.05, 0) is 23.8 Å². The molecule has 2 aromatic heterocycles. The highest BCUT2D eigenvalue weighted by atomic mass is 35.5. The largest absolute Gasteiger partial charge is 0.337 e. The summed E-state index contributed by atoms with van der Waals surface area (Å²) in [6.07, 6.45) is 1.87. The fourth-order valence-electron chi connectivity index (χ4n) is 2.48. The molecular weight excluding hydrogens is 324 g/mol. The highest BCUT2D eigenvalue weighted by Gasteiger charge is 2.10. The molecule has 0 amide bonds. The van der Waals surface area contributed by atoms with Gasteiger partial charge in [-0.2, -0.15) is 0 Å². The SMILES string of the molecule is Clc1ccccc1-c1ccc(-c2ncc(-c3ccccc3)[nH]2)s1. The monoisotopic (exact) mass is 336 g/mol. The average Bonchev–Trinajstić information content (AvgIpc) is 3.25. The maximum Gasteiger partial charge on any atom is 0.147 e. The summed E-state index contributed by atoms with van der Waals surface area (Å²) in [5.41, 5.74) is 3.21. The molecule has 2 aromatic carbocycles. The molecule has 4 aromatic rings. The first-order chi connectivity index (χ1) is 11.3. The van der Waals surface area contributed by atoms with Crippen LogP contribution in [0.5, 0.6) is 0 Å². The van der Waals surface area contributed by atoms with E-state index in [1.165, 1.54) is 0 Å². The Labute approximate surface area is 143 Å². The maximum atomic E-state index is 6.28. The molecule has 0 bridgehead atoms. The van der Waals surface area contributed by atoms with Crippen LogP contribution < -0.4 is 0 Å². The third-order valence-corrected chi connectivity index (χ3v) is 5.09. The van der Waals surface area contributed by atoms with Crippen molar-refractivity contribution in [2.24, 2.45) is 0 Å². The molecule has 0 spiro atoms. The maximum absolute atomic E-state index is 6.28. The van der Waals surface area contributed by atoms with Gasteiger partial charge < -0.3 is 4.98 Å². The van der Waals surface area contributed by atoms with Crippen LogP contribution in [0.2, 0.25) is 5.02 Å². The Bertz CT molecular complexity index is 941. The first-order valence-electron chi connectivity index (χ1n) is 7.27. The van der Waals surface area contributed by atoms with Crippen LogP contribution in [0.15, 0.2) is 72.9 Å². The van der Waals surface area contributed by atoms with Crippen molar-refractivity contribution in [2.75, 3.05) is 0 Å². The second-order valence-electron chi connectivity index (χ2n) is 5.16. The summed E-state index contributed by atoms with van der Waals surface area (Å²) in [6, 6.07) is 22.3. The first kappa shape index (κ1) is 14.2. The van der Waals surface area contributed by atoms with Gasteiger partial charge in [0.25, 0.3) is 0 Å². The third kappa shape index (κ3) is 2.81. The van der Waals surface area contributed by atoms with E-state index < -0.39 is 0 Å². The van der Waals surface area contributed by atoms with Gasteiger partial charge in [0.2, 0.25) is 0 Å². The van der Waals surface area contributed by atoms with Crippen molar-refractivity contribution in [1.29, 1.82) is 0 Å². The molecule has 112 valence electrons. The quantitative estimate of drug-likeness (QED) is 0.479. The van der Waals surface area contributed by atoms with Crippen molar-refractivity contribution in [1.82, 2.24) is 9.97 Å². The van der Waals surface area contributed by atoms with E-state index in [9.17, 15) is 0 Å². The van der Waals surface area contributed by atoms with Gasteiger partial charge in [-0.25, -0.2) is 4.98 Å². The van der Waals surface area contributed by atoms with Gasteiger partial charge in [0.05, 0.1) is 16.8 Å². The fraction of sp³-hybridized carbons (Fsp3) is 0. The molecule has 0 saturated carbocycles. The molecule has 0 atom stereocenters. The Morgan fingerprint density at radius 1 is 0.826 bits per heavy atom. The molecule has 0 aliphatic rings. The number of hydrogen-bond acceptors (Lipinski definition) is 2. The van der Waals surface area contributed by atoms with Gasteiger partial charge in [0.15, 0.2) is 0 Å². The predicted molar refractivity (Wildman–Crippen MR) is 97.8 cm³/mol. The van der Waals surface area contributed by atoms with Crippen LogP contribution in [0, 0.1) is 0 Å². The number of aromatic amines is 1. The smallest absolute Gasteiger partial charge is 0.147 e. The molecule has 0 fully saturated rings. The van der Waals surface area contributed by atoms with Gasteiger partial charge in [-0.3, -0.25) is 0 Å². The van der Waals surface area contributed by atoms with Gasteiger partial charge in [-0.15, -0.1) is 11.3 Å². The number of aromatic nitrogens is 2. The van der Waals surface area contributed by atoms with Gasteiger partial charge in [-0.1, -0.05) is 60.1 Å². The van der Waals surface area contributed by atoms with E-state index in [1.807, 2.05) is 48.7 Å². The molecule has 4 heteroatoms. The van der Waals surface area contributed by atoms with E-state index in [2.05, 4.69) is 34.2 Å². The summed E-state index contributed by atoms with van der Waals surface area (Å²) in [5.74, 6) is 0.882. The van der Waals surface area contributed by atoms with Gasteiger partial charge in [0.1, 0.15) is 5.82 Å². The molecular formula is C19H13ClN2S. The summed E-state index contributed by atoms with van der Waals surface area (Å²) in [7, 11) is 0. The van der Waals surface area contributed by atoms with Gasteiger partial charge >= 0.3 is 0 Å². The Morgan fingerprint density at radius 2 is 1.57 bits per heavy atom. The lowest BCUT2D eigenvalue weighted by Gasteiger charge is -1.99. The summed E-state index contributed by atoms with van der Waals surface area (Å²) < 4.78 is 0. The zero-order valence-corrected chi connectivity index (χ0v) is 13.7. The summed E-state index contributed by atoms with van der Waals surface area (Å²) >= 11 is 7.96. The number of imidazole rings is 1.